The number of benzene rings is 3. The molecule has 3 aromatic rings. The third-order valence-electron chi connectivity index (χ3n) is 4.63. The van der Waals surface area contributed by atoms with Gasteiger partial charge in [0.15, 0.2) is 0 Å². The van der Waals surface area contributed by atoms with Crippen LogP contribution in [0.1, 0.15) is 24.5 Å². The van der Waals surface area contributed by atoms with Crippen molar-refractivity contribution in [2.45, 2.75) is 26.2 Å². The quantitative estimate of drug-likeness (QED) is 0.542. The molecule has 0 amide bonds. The number of fused-ring (bicyclic) bond motifs is 1. The van der Waals surface area contributed by atoms with Gasteiger partial charge in [-0.3, -0.25) is 0 Å². The summed E-state index contributed by atoms with van der Waals surface area (Å²) in [5, 5.41) is 2.68. The normalized spacial score (nSPS) is 11.2. The molecule has 0 aromatic heterocycles. The van der Waals surface area contributed by atoms with Crippen LogP contribution in [0.15, 0.2) is 72.8 Å². The predicted octanol–water partition coefficient (Wildman–Crippen LogP) is 5.34. The lowest BCUT2D eigenvalue weighted by molar-refractivity contribution is 0.281. The van der Waals surface area contributed by atoms with Gasteiger partial charge >= 0.3 is 0 Å². The Kier molecular flexibility index (Phi) is 6.03. The van der Waals surface area contributed by atoms with E-state index in [9.17, 15) is 0 Å². The third kappa shape index (κ3) is 4.69. The highest BCUT2D eigenvalue weighted by molar-refractivity contribution is 5.82. The number of hydrogen-bond acceptors (Lipinski definition) is 1. The Bertz CT molecular complexity index is 748. The van der Waals surface area contributed by atoms with E-state index in [4.69, 9.17) is 0 Å². The molecule has 0 saturated carbocycles. The van der Waals surface area contributed by atoms with Gasteiger partial charge < -0.3 is 4.90 Å². The summed E-state index contributed by atoms with van der Waals surface area (Å²) < 4.78 is 0. The van der Waals surface area contributed by atoms with Crippen molar-refractivity contribution in [3.8, 4) is 0 Å². The molecule has 3 aromatic carbocycles. The Labute approximate surface area is 145 Å². The average Bonchev–Trinajstić information content (AvgIpc) is 2.64. The molecule has 0 bridgehead atoms. The summed E-state index contributed by atoms with van der Waals surface area (Å²) >= 11 is 0. The maximum absolute atomic E-state index is 2.60. The molecule has 0 aliphatic carbocycles. The molecule has 0 saturated heterocycles. The molecule has 0 N–H and O–H groups in total. The van der Waals surface area contributed by atoms with Crippen LogP contribution in [0.25, 0.3) is 10.8 Å². The maximum atomic E-state index is 2.60. The highest BCUT2D eigenvalue weighted by Gasteiger charge is 2.05. The van der Waals surface area contributed by atoms with Gasteiger partial charge in [0, 0.05) is 13.1 Å². The van der Waals surface area contributed by atoms with Crippen LogP contribution in [0, 0.1) is 0 Å². The molecule has 0 fully saturated rings. The topological polar surface area (TPSA) is 3.24 Å². The minimum Gasteiger partial charge on any atom is -0.303 e. The van der Waals surface area contributed by atoms with E-state index in [1.54, 1.807) is 0 Å². The first kappa shape index (κ1) is 16.7. The Morgan fingerprint density at radius 1 is 0.625 bits per heavy atom. The van der Waals surface area contributed by atoms with Gasteiger partial charge in [0.1, 0.15) is 0 Å². The Balaban J connectivity index is 1.58. The molecule has 0 atom stereocenters. The van der Waals surface area contributed by atoms with Crippen molar-refractivity contribution >= 4 is 10.8 Å². The van der Waals surface area contributed by atoms with Crippen molar-refractivity contribution in [2.75, 3.05) is 19.6 Å². The molecular formula is C23H27N. The first-order valence-corrected chi connectivity index (χ1v) is 9.09. The second kappa shape index (κ2) is 8.65. The Morgan fingerprint density at radius 2 is 1.29 bits per heavy atom. The molecule has 0 radical (unpaired) electrons. The van der Waals surface area contributed by atoms with Gasteiger partial charge in [0.05, 0.1) is 0 Å². The van der Waals surface area contributed by atoms with Gasteiger partial charge in [-0.05, 0) is 47.7 Å². The van der Waals surface area contributed by atoms with E-state index in [1.165, 1.54) is 34.9 Å². The molecule has 0 spiro atoms. The molecule has 0 aliphatic rings. The van der Waals surface area contributed by atoms with Gasteiger partial charge in [-0.15, -0.1) is 0 Å². The number of hydrogen-bond donors (Lipinski definition) is 0. The zero-order valence-corrected chi connectivity index (χ0v) is 14.6. The second-order valence-corrected chi connectivity index (χ2v) is 6.51. The molecular weight excluding hydrogens is 290 g/mol. The van der Waals surface area contributed by atoms with Gasteiger partial charge in [0.2, 0.25) is 0 Å². The van der Waals surface area contributed by atoms with Crippen LogP contribution >= 0.6 is 0 Å². The zero-order chi connectivity index (χ0) is 16.6. The first-order valence-electron chi connectivity index (χ1n) is 9.09. The van der Waals surface area contributed by atoms with Gasteiger partial charge in [-0.25, -0.2) is 0 Å². The van der Waals surface area contributed by atoms with Crippen molar-refractivity contribution in [2.24, 2.45) is 0 Å². The van der Waals surface area contributed by atoms with E-state index in [0.717, 1.165) is 25.9 Å². The summed E-state index contributed by atoms with van der Waals surface area (Å²) in [7, 11) is 0. The SMILES string of the molecule is CCCN(CCc1ccccc1)CCc1ccc2ccccc2c1. The zero-order valence-electron chi connectivity index (χ0n) is 14.6. The Hall–Kier alpha value is -2.12. The van der Waals surface area contributed by atoms with Gasteiger partial charge in [0.25, 0.3) is 0 Å². The lowest BCUT2D eigenvalue weighted by atomic mass is 10.0. The molecule has 0 aliphatic heterocycles. The van der Waals surface area contributed by atoms with Crippen molar-refractivity contribution in [3.63, 3.8) is 0 Å². The molecule has 24 heavy (non-hydrogen) atoms. The van der Waals surface area contributed by atoms with E-state index in [1.807, 2.05) is 0 Å². The highest BCUT2D eigenvalue weighted by Crippen LogP contribution is 2.16. The fraction of sp³-hybridized carbons (Fsp3) is 0.304. The lowest BCUT2D eigenvalue weighted by Gasteiger charge is -2.22. The molecule has 3 rings (SSSR count). The van der Waals surface area contributed by atoms with E-state index in [-0.39, 0.29) is 0 Å². The van der Waals surface area contributed by atoms with Crippen LogP contribution in [-0.4, -0.2) is 24.5 Å². The number of nitrogens with zero attached hydrogens (tertiary/aromatic N) is 1. The van der Waals surface area contributed by atoms with Crippen LogP contribution in [0.4, 0.5) is 0 Å². The van der Waals surface area contributed by atoms with Gasteiger partial charge in [-0.1, -0.05) is 79.7 Å². The summed E-state index contributed by atoms with van der Waals surface area (Å²) in [4.78, 5) is 2.60. The summed E-state index contributed by atoms with van der Waals surface area (Å²) in [6.07, 6.45) is 3.48. The standard InChI is InChI=1S/C23H27N/c1-2-16-24(17-14-20-8-4-3-5-9-20)18-15-21-12-13-22-10-6-7-11-23(22)19-21/h3-13,19H,2,14-18H2,1H3. The van der Waals surface area contributed by atoms with Crippen LogP contribution in [0.2, 0.25) is 0 Å². The van der Waals surface area contributed by atoms with Crippen LogP contribution < -0.4 is 0 Å². The molecule has 0 unspecified atom stereocenters. The van der Waals surface area contributed by atoms with Crippen molar-refractivity contribution < 1.29 is 0 Å². The fourth-order valence-electron chi connectivity index (χ4n) is 3.27. The minimum absolute atomic E-state index is 1.12. The highest BCUT2D eigenvalue weighted by atomic mass is 15.1. The van der Waals surface area contributed by atoms with Crippen LogP contribution in [0.5, 0.6) is 0 Å². The summed E-state index contributed by atoms with van der Waals surface area (Å²) in [6, 6.07) is 26.3. The second-order valence-electron chi connectivity index (χ2n) is 6.51. The summed E-state index contributed by atoms with van der Waals surface area (Å²) in [6.45, 7) is 5.73. The largest absolute Gasteiger partial charge is 0.303 e. The molecule has 1 heteroatoms. The first-order chi connectivity index (χ1) is 11.8. The smallest absolute Gasteiger partial charge is 0.00219 e. The molecule has 124 valence electrons. The van der Waals surface area contributed by atoms with Crippen molar-refractivity contribution in [1.29, 1.82) is 0 Å². The predicted molar refractivity (Wildman–Crippen MR) is 105 cm³/mol. The molecule has 0 heterocycles. The summed E-state index contributed by atoms with van der Waals surface area (Å²) in [5.41, 5.74) is 2.87. The van der Waals surface area contributed by atoms with Crippen molar-refractivity contribution in [1.82, 2.24) is 4.90 Å². The monoisotopic (exact) mass is 317 g/mol. The minimum atomic E-state index is 1.12. The summed E-state index contributed by atoms with van der Waals surface area (Å²) in [5.74, 6) is 0. The van der Waals surface area contributed by atoms with Gasteiger partial charge in [-0.2, -0.15) is 0 Å². The number of rotatable bonds is 8. The van der Waals surface area contributed by atoms with E-state index in [0.29, 0.717) is 0 Å². The van der Waals surface area contributed by atoms with E-state index < -0.39 is 0 Å². The van der Waals surface area contributed by atoms with Crippen LogP contribution in [0.3, 0.4) is 0 Å². The third-order valence-corrected chi connectivity index (χ3v) is 4.63. The van der Waals surface area contributed by atoms with Crippen LogP contribution in [-0.2, 0) is 12.8 Å². The Morgan fingerprint density at radius 3 is 2.04 bits per heavy atom. The van der Waals surface area contributed by atoms with E-state index in [2.05, 4.69) is 84.6 Å². The lowest BCUT2D eigenvalue weighted by Crippen LogP contribution is -2.29. The average molecular weight is 317 g/mol. The fourth-order valence-corrected chi connectivity index (χ4v) is 3.27. The maximum Gasteiger partial charge on any atom is 0.00219 e. The van der Waals surface area contributed by atoms with Crippen molar-refractivity contribution in [3.05, 3.63) is 83.9 Å². The molecule has 1 nitrogen and oxygen atoms in total. The van der Waals surface area contributed by atoms with E-state index >= 15 is 0 Å².